The summed E-state index contributed by atoms with van der Waals surface area (Å²) in [5.41, 5.74) is 5.56. The van der Waals surface area contributed by atoms with Crippen LogP contribution in [0.2, 0.25) is 0 Å². The third-order valence-electron chi connectivity index (χ3n) is 4.95. The van der Waals surface area contributed by atoms with Crippen LogP contribution >= 0.6 is 0 Å². The number of nitrogens with zero attached hydrogens (tertiary/aromatic N) is 2. The number of rotatable bonds is 4. The topological polar surface area (TPSA) is 47.0 Å². The molecule has 5 rings (SSSR count). The number of para-hydroxylation sites is 2. The molecule has 2 aromatic heterocycles. The average molecular weight is 377 g/mol. The SMILES string of the molecule is COc1ccc(Nc2cc(-c3ccc4ccccc4n3)nc3ccccc23)cc1. The normalized spacial score (nSPS) is 10.9. The largest absolute Gasteiger partial charge is 0.497 e. The molecule has 0 fully saturated rings. The van der Waals surface area contributed by atoms with E-state index in [4.69, 9.17) is 14.7 Å². The first-order valence-corrected chi connectivity index (χ1v) is 9.47. The van der Waals surface area contributed by atoms with Crippen molar-refractivity contribution in [2.24, 2.45) is 0 Å². The van der Waals surface area contributed by atoms with E-state index in [1.54, 1.807) is 7.11 Å². The lowest BCUT2D eigenvalue weighted by Crippen LogP contribution is -1.96. The Labute approximate surface area is 168 Å². The maximum Gasteiger partial charge on any atom is 0.119 e. The molecule has 0 saturated carbocycles. The summed E-state index contributed by atoms with van der Waals surface area (Å²) < 4.78 is 5.26. The van der Waals surface area contributed by atoms with Crippen LogP contribution in [0.4, 0.5) is 11.4 Å². The first-order valence-electron chi connectivity index (χ1n) is 9.47. The molecule has 0 unspecified atom stereocenters. The molecule has 2 heterocycles. The second-order valence-electron chi connectivity index (χ2n) is 6.81. The molecule has 0 spiro atoms. The molecule has 0 saturated heterocycles. The zero-order valence-electron chi connectivity index (χ0n) is 16.0. The quantitative estimate of drug-likeness (QED) is 0.405. The first-order chi connectivity index (χ1) is 14.3. The number of anilines is 2. The van der Waals surface area contributed by atoms with Crippen LogP contribution in [0, 0.1) is 0 Å². The third-order valence-corrected chi connectivity index (χ3v) is 4.95. The zero-order valence-corrected chi connectivity index (χ0v) is 16.0. The summed E-state index contributed by atoms with van der Waals surface area (Å²) in [6.07, 6.45) is 0. The minimum Gasteiger partial charge on any atom is -0.497 e. The van der Waals surface area contributed by atoms with Gasteiger partial charge in [-0.1, -0.05) is 42.5 Å². The molecule has 5 aromatic rings. The van der Waals surface area contributed by atoms with Crippen LogP contribution in [0.25, 0.3) is 33.2 Å². The Balaban J connectivity index is 1.62. The van der Waals surface area contributed by atoms with Crippen molar-refractivity contribution in [2.45, 2.75) is 0 Å². The molecule has 0 radical (unpaired) electrons. The number of hydrogen-bond donors (Lipinski definition) is 1. The molecule has 4 nitrogen and oxygen atoms in total. The predicted molar refractivity (Wildman–Crippen MR) is 119 cm³/mol. The molecule has 29 heavy (non-hydrogen) atoms. The number of aromatic nitrogens is 2. The number of benzene rings is 3. The van der Waals surface area contributed by atoms with Gasteiger partial charge < -0.3 is 10.1 Å². The highest BCUT2D eigenvalue weighted by atomic mass is 16.5. The monoisotopic (exact) mass is 377 g/mol. The molecule has 1 N–H and O–H groups in total. The van der Waals surface area contributed by atoms with E-state index >= 15 is 0 Å². The highest BCUT2D eigenvalue weighted by molar-refractivity contribution is 5.95. The van der Waals surface area contributed by atoms with Crippen molar-refractivity contribution in [1.82, 2.24) is 9.97 Å². The molecule has 0 amide bonds. The summed E-state index contributed by atoms with van der Waals surface area (Å²) in [5.74, 6) is 0.830. The van der Waals surface area contributed by atoms with Crippen LogP contribution in [0.5, 0.6) is 5.75 Å². The number of ether oxygens (including phenoxy) is 1. The van der Waals surface area contributed by atoms with E-state index < -0.39 is 0 Å². The fourth-order valence-electron chi connectivity index (χ4n) is 3.45. The summed E-state index contributed by atoms with van der Waals surface area (Å²) in [5, 5.41) is 5.70. The van der Waals surface area contributed by atoms with Crippen LogP contribution in [0.15, 0.2) is 91.0 Å². The number of hydrogen-bond acceptors (Lipinski definition) is 4. The van der Waals surface area contributed by atoms with Crippen LogP contribution in [0.1, 0.15) is 0 Å². The Hall–Kier alpha value is -3.92. The Morgan fingerprint density at radius 1 is 0.690 bits per heavy atom. The van der Waals surface area contributed by atoms with E-state index in [0.29, 0.717) is 0 Å². The van der Waals surface area contributed by atoms with Gasteiger partial charge in [-0.05, 0) is 48.5 Å². The Morgan fingerprint density at radius 2 is 1.41 bits per heavy atom. The fraction of sp³-hybridized carbons (Fsp3) is 0.0400. The van der Waals surface area contributed by atoms with Gasteiger partial charge in [-0.2, -0.15) is 0 Å². The Kier molecular flexibility index (Phi) is 4.30. The molecule has 0 aliphatic rings. The Bertz CT molecular complexity index is 1310. The highest BCUT2D eigenvalue weighted by Crippen LogP contribution is 2.31. The van der Waals surface area contributed by atoms with E-state index in [1.165, 1.54) is 0 Å². The summed E-state index contributed by atoms with van der Waals surface area (Å²) >= 11 is 0. The van der Waals surface area contributed by atoms with E-state index in [-0.39, 0.29) is 0 Å². The second-order valence-corrected chi connectivity index (χ2v) is 6.81. The predicted octanol–water partition coefficient (Wildman–Crippen LogP) is 6.20. The van der Waals surface area contributed by atoms with Gasteiger partial charge in [0.2, 0.25) is 0 Å². The van der Waals surface area contributed by atoms with E-state index in [2.05, 4.69) is 29.6 Å². The number of methoxy groups -OCH3 is 1. The molecular weight excluding hydrogens is 358 g/mol. The third kappa shape index (κ3) is 3.36. The number of nitrogens with one attached hydrogen (secondary N) is 1. The first kappa shape index (κ1) is 17.2. The summed E-state index contributed by atoms with van der Waals surface area (Å²) in [4.78, 5) is 9.68. The summed E-state index contributed by atoms with van der Waals surface area (Å²) in [6.45, 7) is 0. The maximum absolute atomic E-state index is 5.26. The minimum atomic E-state index is 0.830. The molecule has 0 aliphatic heterocycles. The second kappa shape index (κ2) is 7.24. The molecule has 0 bridgehead atoms. The molecule has 140 valence electrons. The van der Waals surface area contributed by atoms with Gasteiger partial charge in [-0.25, -0.2) is 9.97 Å². The maximum atomic E-state index is 5.26. The van der Waals surface area contributed by atoms with Gasteiger partial charge in [0.15, 0.2) is 0 Å². The zero-order chi connectivity index (χ0) is 19.6. The summed E-state index contributed by atoms with van der Waals surface area (Å²) in [6, 6.07) is 30.3. The number of fused-ring (bicyclic) bond motifs is 2. The fourth-order valence-corrected chi connectivity index (χ4v) is 3.45. The van der Waals surface area contributed by atoms with E-state index in [1.807, 2.05) is 66.7 Å². The van der Waals surface area contributed by atoms with Crippen molar-refractivity contribution < 1.29 is 4.74 Å². The van der Waals surface area contributed by atoms with Crippen LogP contribution in [-0.4, -0.2) is 17.1 Å². The van der Waals surface area contributed by atoms with E-state index in [9.17, 15) is 0 Å². The number of pyridine rings is 2. The lowest BCUT2D eigenvalue weighted by atomic mass is 10.1. The Morgan fingerprint density at radius 3 is 2.24 bits per heavy atom. The van der Waals surface area contributed by atoms with Gasteiger partial charge in [-0.15, -0.1) is 0 Å². The van der Waals surface area contributed by atoms with Crippen LogP contribution < -0.4 is 10.1 Å². The van der Waals surface area contributed by atoms with Crippen LogP contribution in [-0.2, 0) is 0 Å². The van der Waals surface area contributed by atoms with Crippen molar-refractivity contribution in [1.29, 1.82) is 0 Å². The van der Waals surface area contributed by atoms with Crippen LogP contribution in [0.3, 0.4) is 0 Å². The van der Waals surface area contributed by atoms with E-state index in [0.717, 1.165) is 50.3 Å². The smallest absolute Gasteiger partial charge is 0.119 e. The van der Waals surface area contributed by atoms with Crippen molar-refractivity contribution in [3.63, 3.8) is 0 Å². The van der Waals surface area contributed by atoms with Crippen molar-refractivity contribution >= 4 is 33.2 Å². The standard InChI is InChI=1S/C25H19N3O/c1-29-19-13-11-18(12-14-19)26-24-16-25(28-22-9-5-3-7-20(22)24)23-15-10-17-6-2-4-8-21(17)27-23/h2-16H,1H3,(H,26,28). The van der Waals surface area contributed by atoms with Crippen molar-refractivity contribution in [3.05, 3.63) is 91.0 Å². The molecule has 3 aromatic carbocycles. The van der Waals surface area contributed by atoms with Crippen molar-refractivity contribution in [3.8, 4) is 17.1 Å². The average Bonchev–Trinajstić information content (AvgIpc) is 2.79. The lowest BCUT2D eigenvalue weighted by Gasteiger charge is -2.13. The summed E-state index contributed by atoms with van der Waals surface area (Å²) in [7, 11) is 1.67. The van der Waals surface area contributed by atoms with Gasteiger partial charge in [0.05, 0.1) is 35.2 Å². The minimum absolute atomic E-state index is 0.830. The van der Waals surface area contributed by atoms with Gasteiger partial charge >= 0.3 is 0 Å². The van der Waals surface area contributed by atoms with Gasteiger partial charge in [-0.3, -0.25) is 0 Å². The van der Waals surface area contributed by atoms with Crippen molar-refractivity contribution in [2.75, 3.05) is 12.4 Å². The lowest BCUT2D eigenvalue weighted by molar-refractivity contribution is 0.415. The van der Waals surface area contributed by atoms with Gasteiger partial charge in [0.25, 0.3) is 0 Å². The molecular formula is C25H19N3O. The molecule has 0 aliphatic carbocycles. The highest BCUT2D eigenvalue weighted by Gasteiger charge is 2.10. The molecule has 0 atom stereocenters. The molecule has 4 heteroatoms. The van der Waals surface area contributed by atoms with Gasteiger partial charge in [0, 0.05) is 16.5 Å². The van der Waals surface area contributed by atoms with Gasteiger partial charge in [0.1, 0.15) is 5.75 Å².